The zero-order chi connectivity index (χ0) is 10.2. The van der Waals surface area contributed by atoms with Crippen LogP contribution in [0.4, 0.5) is 0 Å². The molecule has 0 aromatic heterocycles. The van der Waals surface area contributed by atoms with Gasteiger partial charge in [0.2, 0.25) is 0 Å². The Morgan fingerprint density at radius 3 is 2.43 bits per heavy atom. The molecule has 0 heterocycles. The molecule has 14 heavy (non-hydrogen) atoms. The molecule has 0 N–H and O–H groups in total. The Morgan fingerprint density at radius 2 is 1.79 bits per heavy atom. The highest BCUT2D eigenvalue weighted by Gasteiger charge is 1.97. The summed E-state index contributed by atoms with van der Waals surface area (Å²) in [6, 6.07) is 10.7. The lowest BCUT2D eigenvalue weighted by molar-refractivity contribution is 0.332. The molecule has 0 amide bonds. The Balaban J connectivity index is 2.20. The van der Waals surface area contributed by atoms with Crippen molar-refractivity contribution in [3.05, 3.63) is 35.9 Å². The predicted molar refractivity (Wildman–Crippen MR) is 62.6 cm³/mol. The fraction of sp³-hybridized carbons (Fsp3) is 0.538. The van der Waals surface area contributed by atoms with E-state index < -0.39 is 0 Å². The van der Waals surface area contributed by atoms with Crippen LogP contribution in [0.3, 0.4) is 0 Å². The fourth-order valence-electron chi connectivity index (χ4n) is 1.50. The molecule has 0 fully saturated rings. The lowest BCUT2D eigenvalue weighted by Crippen LogP contribution is -2.22. The van der Waals surface area contributed by atoms with Gasteiger partial charge in [0.1, 0.15) is 0 Å². The van der Waals surface area contributed by atoms with Crippen molar-refractivity contribution in [2.75, 3.05) is 20.1 Å². The van der Waals surface area contributed by atoms with E-state index in [2.05, 4.69) is 49.2 Å². The summed E-state index contributed by atoms with van der Waals surface area (Å²) in [5, 5.41) is 0. The summed E-state index contributed by atoms with van der Waals surface area (Å²) in [6.07, 6.45) is 3.77. The van der Waals surface area contributed by atoms with Gasteiger partial charge in [-0.05, 0) is 32.0 Å². The molecule has 0 aliphatic rings. The number of benzene rings is 1. The van der Waals surface area contributed by atoms with Crippen LogP contribution in [0.2, 0.25) is 0 Å². The minimum atomic E-state index is 1.17. The minimum Gasteiger partial charge on any atom is -0.306 e. The second-order valence-electron chi connectivity index (χ2n) is 3.89. The number of hydrogen-bond acceptors (Lipinski definition) is 1. The van der Waals surface area contributed by atoms with Gasteiger partial charge in [-0.3, -0.25) is 0 Å². The lowest BCUT2D eigenvalue weighted by Gasteiger charge is -2.15. The molecule has 1 aromatic rings. The van der Waals surface area contributed by atoms with Crippen LogP contribution in [0.25, 0.3) is 0 Å². The first kappa shape index (κ1) is 11.3. The van der Waals surface area contributed by atoms with Crippen LogP contribution in [0.5, 0.6) is 0 Å². The quantitative estimate of drug-likeness (QED) is 0.668. The molecule has 0 atom stereocenters. The standard InChI is InChI=1S/C13H21N/c1-3-4-11-14(2)12-10-13-8-6-5-7-9-13/h5-9H,3-4,10-12H2,1-2H3. The first-order chi connectivity index (χ1) is 6.83. The Kier molecular flexibility index (Phi) is 5.31. The molecule has 0 bridgehead atoms. The van der Waals surface area contributed by atoms with Crippen molar-refractivity contribution in [3.8, 4) is 0 Å². The average Bonchev–Trinajstić information content (AvgIpc) is 2.25. The molecule has 0 spiro atoms. The van der Waals surface area contributed by atoms with E-state index in [1.54, 1.807) is 0 Å². The van der Waals surface area contributed by atoms with E-state index in [4.69, 9.17) is 0 Å². The molecule has 1 nitrogen and oxygen atoms in total. The summed E-state index contributed by atoms with van der Waals surface area (Å²) in [4.78, 5) is 2.41. The Morgan fingerprint density at radius 1 is 1.07 bits per heavy atom. The Labute approximate surface area is 87.7 Å². The molecule has 0 aliphatic heterocycles. The number of rotatable bonds is 6. The van der Waals surface area contributed by atoms with Gasteiger partial charge in [-0.1, -0.05) is 43.7 Å². The van der Waals surface area contributed by atoms with Crippen molar-refractivity contribution < 1.29 is 0 Å². The topological polar surface area (TPSA) is 3.24 Å². The van der Waals surface area contributed by atoms with E-state index in [-0.39, 0.29) is 0 Å². The summed E-state index contributed by atoms with van der Waals surface area (Å²) >= 11 is 0. The maximum atomic E-state index is 2.41. The third-order valence-electron chi connectivity index (χ3n) is 2.52. The first-order valence-electron chi connectivity index (χ1n) is 5.55. The van der Waals surface area contributed by atoms with Crippen molar-refractivity contribution in [3.63, 3.8) is 0 Å². The molecular weight excluding hydrogens is 170 g/mol. The van der Waals surface area contributed by atoms with Gasteiger partial charge in [0.25, 0.3) is 0 Å². The van der Waals surface area contributed by atoms with Gasteiger partial charge in [-0.15, -0.1) is 0 Å². The number of nitrogens with zero attached hydrogens (tertiary/aromatic N) is 1. The predicted octanol–water partition coefficient (Wildman–Crippen LogP) is 2.96. The van der Waals surface area contributed by atoms with Crippen LogP contribution in [0, 0.1) is 0 Å². The van der Waals surface area contributed by atoms with E-state index in [9.17, 15) is 0 Å². The minimum absolute atomic E-state index is 1.17. The molecule has 0 radical (unpaired) electrons. The molecule has 1 aromatic carbocycles. The van der Waals surface area contributed by atoms with E-state index >= 15 is 0 Å². The summed E-state index contributed by atoms with van der Waals surface area (Å²) in [5.74, 6) is 0. The molecule has 78 valence electrons. The highest BCUT2D eigenvalue weighted by atomic mass is 15.1. The SMILES string of the molecule is CCCCN(C)CCc1ccccc1. The summed E-state index contributed by atoms with van der Waals surface area (Å²) in [7, 11) is 2.21. The summed E-state index contributed by atoms with van der Waals surface area (Å²) in [6.45, 7) is 4.64. The molecule has 0 saturated heterocycles. The molecular formula is C13H21N. The summed E-state index contributed by atoms with van der Waals surface area (Å²) < 4.78 is 0. The van der Waals surface area contributed by atoms with Gasteiger partial charge in [-0.2, -0.15) is 0 Å². The summed E-state index contributed by atoms with van der Waals surface area (Å²) in [5.41, 5.74) is 1.44. The largest absolute Gasteiger partial charge is 0.306 e. The van der Waals surface area contributed by atoms with E-state index in [1.165, 1.54) is 37.9 Å². The molecule has 0 unspecified atom stereocenters. The van der Waals surface area contributed by atoms with Gasteiger partial charge in [0.15, 0.2) is 0 Å². The van der Waals surface area contributed by atoms with Crippen molar-refractivity contribution in [1.29, 1.82) is 0 Å². The second kappa shape index (κ2) is 6.61. The van der Waals surface area contributed by atoms with Crippen molar-refractivity contribution in [2.24, 2.45) is 0 Å². The van der Waals surface area contributed by atoms with Crippen LogP contribution in [-0.4, -0.2) is 25.0 Å². The van der Waals surface area contributed by atoms with Crippen molar-refractivity contribution in [2.45, 2.75) is 26.2 Å². The average molecular weight is 191 g/mol. The van der Waals surface area contributed by atoms with Crippen LogP contribution < -0.4 is 0 Å². The lowest BCUT2D eigenvalue weighted by atomic mass is 10.1. The third kappa shape index (κ3) is 4.43. The molecule has 1 heteroatoms. The van der Waals surface area contributed by atoms with Gasteiger partial charge in [-0.25, -0.2) is 0 Å². The van der Waals surface area contributed by atoms with Crippen LogP contribution in [0.15, 0.2) is 30.3 Å². The number of hydrogen-bond donors (Lipinski definition) is 0. The molecule has 0 saturated carbocycles. The van der Waals surface area contributed by atoms with Gasteiger partial charge in [0, 0.05) is 6.54 Å². The fourth-order valence-corrected chi connectivity index (χ4v) is 1.50. The zero-order valence-corrected chi connectivity index (χ0v) is 9.37. The third-order valence-corrected chi connectivity index (χ3v) is 2.52. The van der Waals surface area contributed by atoms with Gasteiger partial charge >= 0.3 is 0 Å². The first-order valence-corrected chi connectivity index (χ1v) is 5.55. The second-order valence-corrected chi connectivity index (χ2v) is 3.89. The van der Waals surface area contributed by atoms with Gasteiger partial charge < -0.3 is 4.90 Å². The molecule has 1 rings (SSSR count). The van der Waals surface area contributed by atoms with E-state index in [0.29, 0.717) is 0 Å². The highest BCUT2D eigenvalue weighted by Crippen LogP contribution is 2.01. The van der Waals surface area contributed by atoms with E-state index in [0.717, 1.165) is 0 Å². The van der Waals surface area contributed by atoms with E-state index in [1.807, 2.05) is 0 Å². The maximum Gasteiger partial charge on any atom is 0.00188 e. The number of unbranched alkanes of at least 4 members (excludes halogenated alkanes) is 1. The highest BCUT2D eigenvalue weighted by molar-refractivity contribution is 5.14. The Hall–Kier alpha value is -0.820. The van der Waals surface area contributed by atoms with Crippen LogP contribution >= 0.6 is 0 Å². The normalized spacial score (nSPS) is 10.8. The smallest absolute Gasteiger partial charge is 0.00188 e. The maximum absolute atomic E-state index is 2.41. The number of likely N-dealkylation sites (N-methyl/N-ethyl adjacent to an activating group) is 1. The zero-order valence-electron chi connectivity index (χ0n) is 9.37. The van der Waals surface area contributed by atoms with Crippen LogP contribution in [-0.2, 0) is 6.42 Å². The van der Waals surface area contributed by atoms with Crippen molar-refractivity contribution >= 4 is 0 Å². The monoisotopic (exact) mass is 191 g/mol. The molecule has 0 aliphatic carbocycles. The van der Waals surface area contributed by atoms with Crippen molar-refractivity contribution in [1.82, 2.24) is 4.90 Å². The van der Waals surface area contributed by atoms with Crippen LogP contribution in [0.1, 0.15) is 25.3 Å². The van der Waals surface area contributed by atoms with Gasteiger partial charge in [0.05, 0.1) is 0 Å². The Bertz CT molecular complexity index is 230.